The highest BCUT2D eigenvalue weighted by molar-refractivity contribution is 6.35. The summed E-state index contributed by atoms with van der Waals surface area (Å²) < 4.78 is 44.6. The van der Waals surface area contributed by atoms with Gasteiger partial charge in [-0.25, -0.2) is 0 Å². The van der Waals surface area contributed by atoms with Crippen molar-refractivity contribution in [2.45, 2.75) is 51.2 Å². The fourth-order valence-electron chi connectivity index (χ4n) is 6.22. The van der Waals surface area contributed by atoms with Gasteiger partial charge in [0.1, 0.15) is 5.75 Å². The van der Waals surface area contributed by atoms with E-state index in [2.05, 4.69) is 43.5 Å². The predicted octanol–water partition coefficient (Wildman–Crippen LogP) is 8.95. The molecular formula is C32H32Cl2F3N3O. The summed E-state index contributed by atoms with van der Waals surface area (Å²) in [5.41, 5.74) is 5.29. The molecular weight excluding hydrogens is 570 g/mol. The molecule has 6 rings (SSSR count). The van der Waals surface area contributed by atoms with Crippen molar-refractivity contribution in [2.75, 3.05) is 26.2 Å². The normalized spacial score (nSPS) is 17.5. The van der Waals surface area contributed by atoms with Gasteiger partial charge in [-0.15, -0.1) is 13.2 Å². The number of halogens is 5. The second kappa shape index (κ2) is 11.9. The third-order valence-electron chi connectivity index (χ3n) is 8.33. The van der Waals surface area contributed by atoms with Crippen molar-refractivity contribution in [2.24, 2.45) is 0 Å². The maximum atomic E-state index is 12.7. The molecule has 0 unspecified atom stereocenters. The van der Waals surface area contributed by atoms with E-state index in [1.165, 1.54) is 36.1 Å². The van der Waals surface area contributed by atoms with Crippen LogP contribution in [0.5, 0.6) is 5.75 Å². The molecule has 4 nitrogen and oxygen atoms in total. The molecule has 1 aromatic heterocycles. The summed E-state index contributed by atoms with van der Waals surface area (Å²) in [5, 5.41) is 2.54. The van der Waals surface area contributed by atoms with Crippen LogP contribution in [0.3, 0.4) is 0 Å². The van der Waals surface area contributed by atoms with E-state index in [1.807, 2.05) is 18.2 Å². The van der Waals surface area contributed by atoms with Crippen molar-refractivity contribution >= 4 is 34.1 Å². The van der Waals surface area contributed by atoms with Gasteiger partial charge < -0.3 is 9.30 Å². The zero-order valence-electron chi connectivity index (χ0n) is 22.6. The summed E-state index contributed by atoms with van der Waals surface area (Å²) >= 11 is 12.8. The SMILES string of the molecule is FC(F)(F)Oc1ccc(-c2cn(C3CCCC3)c3ccc(CN4CCN(Cc5c(Cl)cccc5Cl)CC4)cc23)cc1. The second-order valence-electron chi connectivity index (χ2n) is 11.1. The summed E-state index contributed by atoms with van der Waals surface area (Å²) in [6.07, 6.45) is 2.20. The average Bonchev–Trinajstić information content (AvgIpc) is 3.60. The van der Waals surface area contributed by atoms with Crippen LogP contribution in [0.1, 0.15) is 42.9 Å². The lowest BCUT2D eigenvalue weighted by Crippen LogP contribution is -2.45. The first-order valence-electron chi connectivity index (χ1n) is 14.1. The highest BCUT2D eigenvalue weighted by Gasteiger charge is 2.31. The Kier molecular flexibility index (Phi) is 8.23. The van der Waals surface area contributed by atoms with Gasteiger partial charge in [0.05, 0.1) is 0 Å². The van der Waals surface area contributed by atoms with Crippen LogP contribution < -0.4 is 4.74 Å². The first-order chi connectivity index (χ1) is 19.7. The lowest BCUT2D eigenvalue weighted by Gasteiger charge is -2.35. The largest absolute Gasteiger partial charge is 0.573 e. The Morgan fingerprint density at radius 2 is 1.44 bits per heavy atom. The molecule has 0 amide bonds. The van der Waals surface area contributed by atoms with Crippen molar-refractivity contribution in [3.63, 3.8) is 0 Å². The quantitative estimate of drug-likeness (QED) is 0.211. The Balaban J connectivity index is 1.20. The monoisotopic (exact) mass is 601 g/mol. The number of piperazine rings is 1. The van der Waals surface area contributed by atoms with Gasteiger partial charge >= 0.3 is 6.36 Å². The van der Waals surface area contributed by atoms with E-state index in [9.17, 15) is 13.2 Å². The van der Waals surface area contributed by atoms with Gasteiger partial charge in [0, 0.05) is 83.6 Å². The molecule has 1 aliphatic carbocycles. The molecule has 0 bridgehead atoms. The molecule has 1 saturated carbocycles. The van der Waals surface area contributed by atoms with Crippen LogP contribution in [0.2, 0.25) is 10.0 Å². The minimum Gasteiger partial charge on any atom is -0.406 e. The van der Waals surface area contributed by atoms with Crippen molar-refractivity contribution in [1.82, 2.24) is 14.4 Å². The number of ether oxygens (including phenoxy) is 1. The van der Waals surface area contributed by atoms with Gasteiger partial charge in [0.2, 0.25) is 0 Å². The van der Waals surface area contributed by atoms with Crippen LogP contribution >= 0.6 is 23.2 Å². The maximum absolute atomic E-state index is 12.7. The molecule has 1 saturated heterocycles. The average molecular weight is 603 g/mol. The van der Waals surface area contributed by atoms with Gasteiger partial charge in [-0.1, -0.05) is 60.3 Å². The molecule has 2 heterocycles. The molecule has 0 radical (unpaired) electrons. The van der Waals surface area contributed by atoms with E-state index in [4.69, 9.17) is 23.2 Å². The highest BCUT2D eigenvalue weighted by atomic mass is 35.5. The molecule has 41 heavy (non-hydrogen) atoms. The highest BCUT2D eigenvalue weighted by Crippen LogP contribution is 2.39. The number of benzene rings is 3. The summed E-state index contributed by atoms with van der Waals surface area (Å²) in [6.45, 7) is 5.32. The molecule has 9 heteroatoms. The molecule has 2 fully saturated rings. The summed E-state index contributed by atoms with van der Waals surface area (Å²) in [6, 6.07) is 19.0. The van der Waals surface area contributed by atoms with Crippen LogP contribution in [-0.2, 0) is 13.1 Å². The third-order valence-corrected chi connectivity index (χ3v) is 9.04. The first kappa shape index (κ1) is 28.4. The smallest absolute Gasteiger partial charge is 0.406 e. The molecule has 4 aromatic rings. The Bertz CT molecular complexity index is 1490. The number of rotatable bonds is 7. The van der Waals surface area contributed by atoms with Crippen LogP contribution in [-0.4, -0.2) is 46.9 Å². The van der Waals surface area contributed by atoms with Crippen molar-refractivity contribution in [3.8, 4) is 16.9 Å². The Labute approximate surface area is 248 Å². The zero-order chi connectivity index (χ0) is 28.6. The fourth-order valence-corrected chi connectivity index (χ4v) is 6.74. The van der Waals surface area contributed by atoms with Crippen LogP contribution in [0, 0.1) is 0 Å². The number of fused-ring (bicyclic) bond motifs is 1. The van der Waals surface area contributed by atoms with Crippen LogP contribution in [0.4, 0.5) is 13.2 Å². The lowest BCUT2D eigenvalue weighted by atomic mass is 10.0. The topological polar surface area (TPSA) is 20.6 Å². The van der Waals surface area contributed by atoms with E-state index >= 15 is 0 Å². The first-order valence-corrected chi connectivity index (χ1v) is 14.9. The number of hydrogen-bond acceptors (Lipinski definition) is 3. The third kappa shape index (κ3) is 6.54. The van der Waals surface area contributed by atoms with Crippen LogP contribution in [0.15, 0.2) is 66.9 Å². The minimum atomic E-state index is -4.71. The van der Waals surface area contributed by atoms with Gasteiger partial charge in [-0.05, 0) is 60.4 Å². The molecule has 2 aliphatic rings. The van der Waals surface area contributed by atoms with Crippen molar-refractivity contribution < 1.29 is 17.9 Å². The lowest BCUT2D eigenvalue weighted by molar-refractivity contribution is -0.274. The Hall–Kier alpha value is -2.71. The molecule has 0 atom stereocenters. The Morgan fingerprint density at radius 1 is 0.805 bits per heavy atom. The standard InChI is InChI=1S/C32H32Cl2F3N3O/c33-29-6-3-7-30(34)28(29)20-39-16-14-38(15-17-39)19-22-8-13-31-26(18-22)27(21-40(31)24-4-1-2-5-24)23-9-11-25(12-10-23)41-32(35,36)37/h3,6-13,18,21,24H,1-2,4-5,14-17,19-20H2. The van der Waals surface area contributed by atoms with E-state index < -0.39 is 6.36 Å². The molecule has 0 N–H and O–H groups in total. The summed E-state index contributed by atoms with van der Waals surface area (Å²) in [5.74, 6) is -0.211. The Morgan fingerprint density at radius 3 is 2.07 bits per heavy atom. The molecule has 216 valence electrons. The van der Waals surface area contributed by atoms with E-state index in [-0.39, 0.29) is 5.75 Å². The van der Waals surface area contributed by atoms with E-state index in [0.717, 1.165) is 74.2 Å². The van der Waals surface area contributed by atoms with Crippen molar-refractivity contribution in [1.29, 1.82) is 0 Å². The number of nitrogens with zero attached hydrogens (tertiary/aromatic N) is 3. The zero-order valence-corrected chi connectivity index (χ0v) is 24.2. The minimum absolute atomic E-state index is 0.211. The van der Waals surface area contributed by atoms with E-state index in [1.54, 1.807) is 12.1 Å². The van der Waals surface area contributed by atoms with Crippen molar-refractivity contribution in [3.05, 3.63) is 88.0 Å². The van der Waals surface area contributed by atoms with Crippen LogP contribution in [0.25, 0.3) is 22.0 Å². The fraction of sp³-hybridized carbons (Fsp3) is 0.375. The molecule has 3 aromatic carbocycles. The number of aromatic nitrogens is 1. The number of hydrogen-bond donors (Lipinski definition) is 0. The second-order valence-corrected chi connectivity index (χ2v) is 11.9. The van der Waals surface area contributed by atoms with Gasteiger partial charge in [-0.3, -0.25) is 9.80 Å². The van der Waals surface area contributed by atoms with Gasteiger partial charge in [0.25, 0.3) is 0 Å². The summed E-state index contributed by atoms with van der Waals surface area (Å²) in [4.78, 5) is 4.85. The summed E-state index contributed by atoms with van der Waals surface area (Å²) in [7, 11) is 0. The number of alkyl halides is 3. The maximum Gasteiger partial charge on any atom is 0.573 e. The molecule has 1 aliphatic heterocycles. The van der Waals surface area contributed by atoms with Gasteiger partial charge in [-0.2, -0.15) is 0 Å². The predicted molar refractivity (Wildman–Crippen MR) is 159 cm³/mol. The van der Waals surface area contributed by atoms with E-state index in [0.29, 0.717) is 16.1 Å². The van der Waals surface area contributed by atoms with Gasteiger partial charge in [0.15, 0.2) is 0 Å². The molecule has 0 spiro atoms.